The second kappa shape index (κ2) is 7.15. The van der Waals surface area contributed by atoms with Crippen LogP contribution in [-0.4, -0.2) is 35.8 Å². The van der Waals surface area contributed by atoms with Crippen LogP contribution in [0.4, 0.5) is 0 Å². The first-order valence-corrected chi connectivity index (χ1v) is 10.6. The number of ketones is 1. The van der Waals surface area contributed by atoms with E-state index in [1.165, 1.54) is 11.8 Å². The molecule has 0 bridgehead atoms. The summed E-state index contributed by atoms with van der Waals surface area (Å²) in [6.45, 7) is 3.91. The number of aromatic amines is 1. The topological polar surface area (TPSA) is 76.5 Å². The molecule has 0 spiro atoms. The van der Waals surface area contributed by atoms with Crippen molar-refractivity contribution in [3.63, 3.8) is 0 Å². The first-order chi connectivity index (χ1) is 14.1. The number of Topliss-reactive ketones (excluding diaryl/α,β-unsaturated/α-hetero) is 1. The maximum atomic E-state index is 13.3. The minimum atomic E-state index is -0.264. The fraction of sp³-hybridized carbons (Fsp3) is 0.273. The summed E-state index contributed by atoms with van der Waals surface area (Å²) in [5, 5.41) is 10.4. The Kier molecular flexibility index (Phi) is 4.47. The van der Waals surface area contributed by atoms with E-state index in [-0.39, 0.29) is 11.0 Å². The molecule has 6 nitrogen and oxygen atoms in total. The number of rotatable bonds is 6. The van der Waals surface area contributed by atoms with E-state index in [0.29, 0.717) is 6.04 Å². The maximum absolute atomic E-state index is 13.3. The number of thioether (sulfide) groups is 1. The molecule has 0 aliphatic heterocycles. The average molecular weight is 404 g/mol. The highest BCUT2D eigenvalue weighted by Gasteiger charge is 2.32. The van der Waals surface area contributed by atoms with Crippen LogP contribution in [0, 0.1) is 6.92 Å². The summed E-state index contributed by atoms with van der Waals surface area (Å²) in [5.74, 6) is 0.959. The van der Waals surface area contributed by atoms with Gasteiger partial charge in [0.25, 0.3) is 0 Å². The second-order valence-electron chi connectivity index (χ2n) is 7.44. The third-order valence-electron chi connectivity index (χ3n) is 5.31. The number of nitrogens with one attached hydrogen (secondary N) is 1. The summed E-state index contributed by atoms with van der Waals surface area (Å²) < 4.78 is 2.19. The molecule has 1 unspecified atom stereocenters. The largest absolute Gasteiger partial charge is 0.358 e. The summed E-state index contributed by atoms with van der Waals surface area (Å²) in [7, 11) is 0. The normalized spacial score (nSPS) is 15.0. The molecule has 0 radical (unpaired) electrons. The van der Waals surface area contributed by atoms with Crippen LogP contribution in [-0.2, 0) is 0 Å². The number of carbonyl (C=O) groups excluding carboxylic acids is 1. The molecule has 1 aliphatic rings. The number of para-hydroxylation sites is 1. The lowest BCUT2D eigenvalue weighted by Gasteiger charge is -2.12. The fourth-order valence-corrected chi connectivity index (χ4v) is 4.70. The van der Waals surface area contributed by atoms with Gasteiger partial charge in [0.15, 0.2) is 16.8 Å². The van der Waals surface area contributed by atoms with Gasteiger partial charge in [-0.15, -0.1) is 10.2 Å². The minimum absolute atomic E-state index is 0.112. The summed E-state index contributed by atoms with van der Waals surface area (Å²) >= 11 is 1.49. The first kappa shape index (κ1) is 18.1. The van der Waals surface area contributed by atoms with Crippen molar-refractivity contribution >= 4 is 28.4 Å². The van der Waals surface area contributed by atoms with Crippen LogP contribution in [0.2, 0.25) is 0 Å². The van der Waals surface area contributed by atoms with E-state index < -0.39 is 0 Å². The van der Waals surface area contributed by atoms with E-state index in [0.717, 1.165) is 51.5 Å². The van der Waals surface area contributed by atoms with Crippen molar-refractivity contribution in [2.75, 3.05) is 0 Å². The minimum Gasteiger partial charge on any atom is -0.358 e. The number of aromatic nitrogens is 5. The van der Waals surface area contributed by atoms with Gasteiger partial charge in [-0.2, -0.15) is 0 Å². The van der Waals surface area contributed by atoms with Crippen LogP contribution in [0.3, 0.4) is 0 Å². The van der Waals surface area contributed by atoms with Crippen molar-refractivity contribution in [3.05, 3.63) is 60.0 Å². The number of hydrogen-bond acceptors (Lipinski definition) is 5. The average Bonchev–Trinajstić information content (AvgIpc) is 3.40. The molecule has 1 fully saturated rings. The Hall–Kier alpha value is -2.93. The fourth-order valence-electron chi connectivity index (χ4n) is 3.73. The van der Waals surface area contributed by atoms with Crippen molar-refractivity contribution < 1.29 is 4.79 Å². The van der Waals surface area contributed by atoms with Gasteiger partial charge in [0, 0.05) is 46.2 Å². The summed E-state index contributed by atoms with van der Waals surface area (Å²) in [6, 6.07) is 12.2. The van der Waals surface area contributed by atoms with Crippen molar-refractivity contribution in [1.82, 2.24) is 24.7 Å². The van der Waals surface area contributed by atoms with E-state index >= 15 is 0 Å². The van der Waals surface area contributed by atoms with Gasteiger partial charge in [0.05, 0.1) is 5.25 Å². The molecule has 146 valence electrons. The number of benzene rings is 1. The van der Waals surface area contributed by atoms with Crippen molar-refractivity contribution in [3.8, 4) is 11.4 Å². The number of carbonyl (C=O) groups is 1. The van der Waals surface area contributed by atoms with Crippen LogP contribution in [0.1, 0.15) is 41.9 Å². The molecule has 7 heteroatoms. The number of nitrogens with zero attached hydrogens (tertiary/aromatic N) is 4. The number of H-pyrrole nitrogens is 1. The molecule has 1 saturated carbocycles. The van der Waals surface area contributed by atoms with Crippen LogP contribution < -0.4 is 0 Å². The van der Waals surface area contributed by atoms with Crippen LogP contribution in [0.5, 0.6) is 0 Å². The zero-order valence-corrected chi connectivity index (χ0v) is 17.1. The smallest absolute Gasteiger partial charge is 0.192 e. The zero-order chi connectivity index (χ0) is 20.0. The molecule has 1 atom stereocenters. The third-order valence-corrected chi connectivity index (χ3v) is 6.36. The SMILES string of the molecule is Cc1[nH]c2ccccc2c1C(=O)C(C)Sc1nnc(-c2ccncc2)n1C1CC1. The molecule has 5 rings (SSSR count). The Morgan fingerprint density at radius 3 is 2.69 bits per heavy atom. The van der Waals surface area contributed by atoms with Crippen molar-refractivity contribution in [2.45, 2.75) is 43.1 Å². The zero-order valence-electron chi connectivity index (χ0n) is 16.3. The lowest BCUT2D eigenvalue weighted by molar-refractivity contribution is 0.0995. The standard InChI is InChI=1S/C22H21N5OS/c1-13-19(17-5-3-4-6-18(17)24-13)20(28)14(2)29-22-26-25-21(27(22)16-7-8-16)15-9-11-23-12-10-15/h3-6,9-12,14,16,24H,7-8H2,1-2H3. The molecule has 4 aromatic rings. The highest BCUT2D eigenvalue weighted by Crippen LogP contribution is 2.42. The van der Waals surface area contributed by atoms with Crippen LogP contribution >= 0.6 is 11.8 Å². The highest BCUT2D eigenvalue weighted by molar-refractivity contribution is 8.00. The quantitative estimate of drug-likeness (QED) is 0.369. The Labute approximate surface area is 172 Å². The molecule has 1 aromatic carbocycles. The Bertz CT molecular complexity index is 1190. The lowest BCUT2D eigenvalue weighted by Crippen LogP contribution is -2.15. The molecular weight excluding hydrogens is 382 g/mol. The van der Waals surface area contributed by atoms with Gasteiger partial charge in [-0.1, -0.05) is 30.0 Å². The molecule has 0 saturated heterocycles. The van der Waals surface area contributed by atoms with Gasteiger partial charge < -0.3 is 4.98 Å². The van der Waals surface area contributed by atoms with Crippen LogP contribution in [0.15, 0.2) is 53.9 Å². The summed E-state index contributed by atoms with van der Waals surface area (Å²) in [5.41, 5.74) is 3.67. The van der Waals surface area contributed by atoms with E-state index in [2.05, 4.69) is 24.7 Å². The Balaban J connectivity index is 1.47. The predicted molar refractivity (Wildman–Crippen MR) is 114 cm³/mol. The van der Waals surface area contributed by atoms with E-state index in [1.807, 2.05) is 50.2 Å². The predicted octanol–water partition coefficient (Wildman–Crippen LogP) is 4.83. The highest BCUT2D eigenvalue weighted by atomic mass is 32.2. The molecular formula is C22H21N5OS. The Morgan fingerprint density at radius 1 is 1.17 bits per heavy atom. The number of hydrogen-bond donors (Lipinski definition) is 1. The van der Waals surface area contributed by atoms with Gasteiger partial charge in [-0.3, -0.25) is 14.3 Å². The monoisotopic (exact) mass is 403 g/mol. The van der Waals surface area contributed by atoms with Crippen molar-refractivity contribution in [2.24, 2.45) is 0 Å². The number of aryl methyl sites for hydroxylation is 1. The number of pyridine rings is 1. The summed E-state index contributed by atoms with van der Waals surface area (Å²) in [6.07, 6.45) is 5.77. The summed E-state index contributed by atoms with van der Waals surface area (Å²) in [4.78, 5) is 20.7. The van der Waals surface area contributed by atoms with Crippen LogP contribution in [0.25, 0.3) is 22.3 Å². The van der Waals surface area contributed by atoms with Gasteiger partial charge >= 0.3 is 0 Å². The van der Waals surface area contributed by atoms with E-state index in [1.54, 1.807) is 12.4 Å². The lowest BCUT2D eigenvalue weighted by atomic mass is 10.1. The maximum Gasteiger partial charge on any atom is 0.192 e. The first-order valence-electron chi connectivity index (χ1n) is 9.77. The third kappa shape index (κ3) is 3.25. The Morgan fingerprint density at radius 2 is 1.93 bits per heavy atom. The molecule has 3 aromatic heterocycles. The molecule has 0 amide bonds. The second-order valence-corrected chi connectivity index (χ2v) is 8.75. The van der Waals surface area contributed by atoms with E-state index in [9.17, 15) is 4.79 Å². The molecule has 1 N–H and O–H groups in total. The van der Waals surface area contributed by atoms with Crippen molar-refractivity contribution in [1.29, 1.82) is 0 Å². The van der Waals surface area contributed by atoms with E-state index in [4.69, 9.17) is 0 Å². The van der Waals surface area contributed by atoms with Gasteiger partial charge in [0.1, 0.15) is 0 Å². The van der Waals surface area contributed by atoms with Gasteiger partial charge in [0.2, 0.25) is 0 Å². The van der Waals surface area contributed by atoms with Gasteiger partial charge in [-0.25, -0.2) is 0 Å². The molecule has 3 heterocycles. The van der Waals surface area contributed by atoms with Gasteiger partial charge in [-0.05, 0) is 44.9 Å². The molecule has 29 heavy (non-hydrogen) atoms. The number of fused-ring (bicyclic) bond motifs is 1. The molecule has 1 aliphatic carbocycles.